The number of anilines is 1. The number of carbonyl (C=O) groups excluding carboxylic acids is 1. The molecule has 2 fully saturated rings. The molecule has 0 bridgehead atoms. The summed E-state index contributed by atoms with van der Waals surface area (Å²) in [6.45, 7) is 3.42. The van der Waals surface area contributed by atoms with E-state index < -0.39 is 0 Å². The molecule has 1 aliphatic carbocycles. The monoisotopic (exact) mass is 392 g/mol. The molecule has 4 rings (SSSR count). The van der Waals surface area contributed by atoms with Crippen LogP contribution in [0.4, 0.5) is 14.9 Å². The summed E-state index contributed by atoms with van der Waals surface area (Å²) in [5, 5.41) is 12.4. The van der Waals surface area contributed by atoms with Crippen molar-refractivity contribution in [2.45, 2.75) is 24.7 Å². The number of para-hydroxylation sites is 1. The molecule has 6 heteroatoms. The van der Waals surface area contributed by atoms with E-state index in [0.29, 0.717) is 31.7 Å². The average Bonchev–Trinajstić information content (AvgIpc) is 3.57. The van der Waals surface area contributed by atoms with Crippen LogP contribution in [0, 0.1) is 17.1 Å². The quantitative estimate of drug-likeness (QED) is 0.864. The second kappa shape index (κ2) is 8.12. The SMILES string of the molecule is N#Cc1ccccc1N1CCCN(C(=O)NCC2(c3ccc(F)cc3)CC2)CC1. The molecule has 1 N–H and O–H groups in total. The summed E-state index contributed by atoms with van der Waals surface area (Å²) >= 11 is 0. The van der Waals surface area contributed by atoms with Crippen molar-refractivity contribution in [3.63, 3.8) is 0 Å². The first-order chi connectivity index (χ1) is 14.1. The minimum Gasteiger partial charge on any atom is -0.369 e. The molecule has 1 saturated heterocycles. The zero-order chi connectivity index (χ0) is 20.3. The highest BCUT2D eigenvalue weighted by molar-refractivity contribution is 5.74. The molecule has 5 nitrogen and oxygen atoms in total. The van der Waals surface area contributed by atoms with Gasteiger partial charge in [-0.3, -0.25) is 0 Å². The highest BCUT2D eigenvalue weighted by atomic mass is 19.1. The number of carbonyl (C=O) groups is 1. The second-order valence-corrected chi connectivity index (χ2v) is 7.90. The normalized spacial score (nSPS) is 17.9. The molecule has 2 amide bonds. The molecule has 0 spiro atoms. The molecule has 1 aliphatic heterocycles. The molecule has 2 aliphatic rings. The Kier molecular flexibility index (Phi) is 5.39. The predicted octanol–water partition coefficient (Wildman–Crippen LogP) is 3.65. The molecule has 0 aromatic heterocycles. The third-order valence-corrected chi connectivity index (χ3v) is 6.04. The number of urea groups is 1. The summed E-state index contributed by atoms with van der Waals surface area (Å²) in [6, 6.07) is 16.4. The Morgan fingerprint density at radius 3 is 2.55 bits per heavy atom. The summed E-state index contributed by atoms with van der Waals surface area (Å²) in [5.74, 6) is -0.235. The van der Waals surface area contributed by atoms with Crippen LogP contribution in [0.15, 0.2) is 48.5 Å². The molecule has 29 heavy (non-hydrogen) atoms. The number of benzene rings is 2. The van der Waals surface area contributed by atoms with Crippen molar-refractivity contribution in [3.8, 4) is 6.07 Å². The maximum absolute atomic E-state index is 13.2. The van der Waals surface area contributed by atoms with Gasteiger partial charge in [0, 0.05) is 38.1 Å². The lowest BCUT2D eigenvalue weighted by molar-refractivity contribution is 0.200. The maximum atomic E-state index is 13.2. The van der Waals surface area contributed by atoms with E-state index in [1.807, 2.05) is 41.3 Å². The summed E-state index contributed by atoms with van der Waals surface area (Å²) in [7, 11) is 0. The van der Waals surface area contributed by atoms with Gasteiger partial charge in [-0.1, -0.05) is 24.3 Å². The molecule has 1 heterocycles. The van der Waals surface area contributed by atoms with E-state index >= 15 is 0 Å². The van der Waals surface area contributed by atoms with Crippen molar-refractivity contribution in [2.75, 3.05) is 37.6 Å². The Morgan fingerprint density at radius 1 is 1.07 bits per heavy atom. The van der Waals surface area contributed by atoms with Gasteiger partial charge in [-0.05, 0) is 49.1 Å². The maximum Gasteiger partial charge on any atom is 0.317 e. The van der Waals surface area contributed by atoms with Gasteiger partial charge in [0.2, 0.25) is 0 Å². The summed E-state index contributed by atoms with van der Waals surface area (Å²) < 4.78 is 13.2. The van der Waals surface area contributed by atoms with Crippen LogP contribution in [0.5, 0.6) is 0 Å². The molecular weight excluding hydrogens is 367 g/mol. The average molecular weight is 392 g/mol. The molecule has 2 aromatic rings. The number of nitrogens with one attached hydrogen (secondary N) is 1. The number of nitrogens with zero attached hydrogens (tertiary/aromatic N) is 3. The minimum absolute atomic E-state index is 0.0474. The van der Waals surface area contributed by atoms with Gasteiger partial charge >= 0.3 is 6.03 Å². The Morgan fingerprint density at radius 2 is 1.83 bits per heavy atom. The molecule has 1 saturated carbocycles. The van der Waals surface area contributed by atoms with Crippen molar-refractivity contribution in [3.05, 3.63) is 65.5 Å². The largest absolute Gasteiger partial charge is 0.369 e. The van der Waals surface area contributed by atoms with Crippen LogP contribution >= 0.6 is 0 Å². The highest BCUT2D eigenvalue weighted by Gasteiger charge is 2.44. The van der Waals surface area contributed by atoms with Gasteiger partial charge in [-0.25, -0.2) is 9.18 Å². The number of nitriles is 1. The van der Waals surface area contributed by atoms with Crippen LogP contribution < -0.4 is 10.2 Å². The summed E-state index contributed by atoms with van der Waals surface area (Å²) in [4.78, 5) is 16.8. The van der Waals surface area contributed by atoms with Gasteiger partial charge in [-0.2, -0.15) is 5.26 Å². The topological polar surface area (TPSA) is 59.4 Å². The van der Waals surface area contributed by atoms with Gasteiger partial charge in [0.1, 0.15) is 11.9 Å². The van der Waals surface area contributed by atoms with E-state index in [1.165, 1.54) is 12.1 Å². The predicted molar refractivity (Wildman–Crippen MR) is 110 cm³/mol. The fourth-order valence-corrected chi connectivity index (χ4v) is 4.08. The molecule has 0 unspecified atom stereocenters. The van der Waals surface area contributed by atoms with Crippen molar-refractivity contribution in [2.24, 2.45) is 0 Å². The van der Waals surface area contributed by atoms with E-state index in [9.17, 15) is 14.4 Å². The summed E-state index contributed by atoms with van der Waals surface area (Å²) in [6.07, 6.45) is 2.88. The van der Waals surface area contributed by atoms with Crippen LogP contribution in [0.3, 0.4) is 0 Å². The smallest absolute Gasteiger partial charge is 0.317 e. The lowest BCUT2D eigenvalue weighted by atomic mass is 9.96. The Labute approximate surface area is 170 Å². The van der Waals surface area contributed by atoms with E-state index in [2.05, 4.69) is 16.3 Å². The third-order valence-electron chi connectivity index (χ3n) is 6.04. The summed E-state index contributed by atoms with van der Waals surface area (Å²) in [5.41, 5.74) is 2.65. The zero-order valence-electron chi connectivity index (χ0n) is 16.4. The first-order valence-corrected chi connectivity index (χ1v) is 10.1. The van der Waals surface area contributed by atoms with Gasteiger partial charge in [0.05, 0.1) is 11.3 Å². The van der Waals surface area contributed by atoms with Gasteiger partial charge < -0.3 is 15.1 Å². The first-order valence-electron chi connectivity index (χ1n) is 10.1. The van der Waals surface area contributed by atoms with E-state index in [1.54, 1.807) is 0 Å². The van der Waals surface area contributed by atoms with Crippen LogP contribution in [-0.4, -0.2) is 43.7 Å². The van der Waals surface area contributed by atoms with Crippen LogP contribution in [0.25, 0.3) is 0 Å². The molecule has 0 radical (unpaired) electrons. The highest BCUT2D eigenvalue weighted by Crippen LogP contribution is 2.47. The van der Waals surface area contributed by atoms with E-state index in [4.69, 9.17) is 0 Å². The first kappa shape index (κ1) is 19.3. The molecule has 2 aromatic carbocycles. The van der Waals surface area contributed by atoms with Crippen LogP contribution in [0.1, 0.15) is 30.4 Å². The Hall–Kier alpha value is -3.07. The Balaban J connectivity index is 1.34. The number of halogens is 1. The third kappa shape index (κ3) is 4.19. The number of rotatable bonds is 4. The van der Waals surface area contributed by atoms with Crippen LogP contribution in [0.2, 0.25) is 0 Å². The number of amides is 2. The number of hydrogen-bond donors (Lipinski definition) is 1. The van der Waals surface area contributed by atoms with Crippen molar-refractivity contribution < 1.29 is 9.18 Å². The minimum atomic E-state index is -0.235. The fourth-order valence-electron chi connectivity index (χ4n) is 4.08. The second-order valence-electron chi connectivity index (χ2n) is 7.90. The fraction of sp³-hybridized carbons (Fsp3) is 0.391. The van der Waals surface area contributed by atoms with Gasteiger partial charge in [0.15, 0.2) is 0 Å². The lowest BCUT2D eigenvalue weighted by Crippen LogP contribution is -2.44. The van der Waals surface area contributed by atoms with E-state index in [-0.39, 0.29) is 17.3 Å². The molecular formula is C23H25FN4O. The lowest BCUT2D eigenvalue weighted by Gasteiger charge is -2.25. The molecule has 150 valence electrons. The van der Waals surface area contributed by atoms with Crippen LogP contribution in [-0.2, 0) is 5.41 Å². The van der Waals surface area contributed by atoms with Crippen molar-refractivity contribution in [1.82, 2.24) is 10.2 Å². The van der Waals surface area contributed by atoms with E-state index in [0.717, 1.165) is 37.1 Å². The number of hydrogen-bond acceptors (Lipinski definition) is 3. The Bertz CT molecular complexity index is 917. The zero-order valence-corrected chi connectivity index (χ0v) is 16.4. The van der Waals surface area contributed by atoms with Crippen molar-refractivity contribution >= 4 is 11.7 Å². The molecule has 0 atom stereocenters. The van der Waals surface area contributed by atoms with Crippen molar-refractivity contribution in [1.29, 1.82) is 5.26 Å². The van der Waals surface area contributed by atoms with Gasteiger partial charge in [0.25, 0.3) is 0 Å². The van der Waals surface area contributed by atoms with Gasteiger partial charge in [-0.15, -0.1) is 0 Å². The standard InChI is InChI=1S/C23H25FN4O/c24-20-8-6-19(7-9-20)23(10-11-23)17-26-22(29)28-13-3-12-27(14-15-28)21-5-2-1-4-18(21)16-25/h1-2,4-9H,3,10-15,17H2,(H,26,29).